The van der Waals surface area contributed by atoms with Crippen molar-refractivity contribution in [2.24, 2.45) is 11.3 Å². The summed E-state index contributed by atoms with van der Waals surface area (Å²) >= 11 is 0. The van der Waals surface area contributed by atoms with E-state index in [2.05, 4.69) is 10.1 Å². The molecule has 0 saturated carbocycles. The minimum atomic E-state index is -0.950. The first kappa shape index (κ1) is 18.4. The van der Waals surface area contributed by atoms with Crippen LogP contribution >= 0.6 is 0 Å². The Morgan fingerprint density at radius 1 is 1.25 bits per heavy atom. The van der Waals surface area contributed by atoms with E-state index in [0.717, 1.165) is 6.42 Å². The summed E-state index contributed by atoms with van der Waals surface area (Å²) in [6.07, 6.45) is 0.661. The van der Waals surface area contributed by atoms with Gasteiger partial charge in [-0.25, -0.2) is 4.79 Å². The van der Waals surface area contributed by atoms with Gasteiger partial charge in [-0.3, -0.25) is 9.59 Å². The summed E-state index contributed by atoms with van der Waals surface area (Å²) in [5, 5.41) is 11.4. The van der Waals surface area contributed by atoms with E-state index in [0.29, 0.717) is 0 Å². The third kappa shape index (κ3) is 6.54. The molecule has 0 spiro atoms. The Hall–Kier alpha value is -1.59. The van der Waals surface area contributed by atoms with Crippen LogP contribution in [-0.4, -0.2) is 36.1 Å². The maximum atomic E-state index is 12.0. The minimum Gasteiger partial charge on any atom is -0.481 e. The highest BCUT2D eigenvalue weighted by Crippen LogP contribution is 2.25. The third-order valence-corrected chi connectivity index (χ3v) is 3.25. The maximum absolute atomic E-state index is 12.0. The number of rotatable bonds is 8. The van der Waals surface area contributed by atoms with E-state index < -0.39 is 23.4 Å². The number of hydrogen-bond acceptors (Lipinski definition) is 4. The highest BCUT2D eigenvalue weighted by molar-refractivity contribution is 5.85. The molecule has 0 radical (unpaired) electrons. The van der Waals surface area contributed by atoms with Crippen molar-refractivity contribution in [3.63, 3.8) is 0 Å². The number of methoxy groups -OCH3 is 1. The summed E-state index contributed by atoms with van der Waals surface area (Å²) in [6, 6.07) is -0.696. The highest BCUT2D eigenvalue weighted by Gasteiger charge is 2.30. The van der Waals surface area contributed by atoms with Crippen LogP contribution in [0.15, 0.2) is 0 Å². The first-order valence-corrected chi connectivity index (χ1v) is 6.72. The van der Waals surface area contributed by atoms with Gasteiger partial charge in [0.15, 0.2) is 0 Å². The van der Waals surface area contributed by atoms with Gasteiger partial charge < -0.3 is 15.2 Å². The number of amides is 1. The van der Waals surface area contributed by atoms with Crippen molar-refractivity contribution in [2.75, 3.05) is 7.11 Å². The van der Waals surface area contributed by atoms with E-state index in [4.69, 9.17) is 5.11 Å². The van der Waals surface area contributed by atoms with Crippen molar-refractivity contribution >= 4 is 17.8 Å². The summed E-state index contributed by atoms with van der Waals surface area (Å²) in [5.41, 5.74) is -0.661. The number of hydrogen-bond donors (Lipinski definition) is 2. The van der Waals surface area contributed by atoms with Crippen molar-refractivity contribution in [3.05, 3.63) is 0 Å². The Morgan fingerprint density at radius 2 is 1.80 bits per heavy atom. The molecule has 6 nitrogen and oxygen atoms in total. The largest absolute Gasteiger partial charge is 0.481 e. The van der Waals surface area contributed by atoms with Gasteiger partial charge >= 0.3 is 11.9 Å². The fourth-order valence-electron chi connectivity index (χ4n) is 1.93. The zero-order valence-corrected chi connectivity index (χ0v) is 12.9. The molecule has 0 heterocycles. The monoisotopic (exact) mass is 287 g/mol. The minimum absolute atomic E-state index is 0.0449. The van der Waals surface area contributed by atoms with Crippen molar-refractivity contribution < 1.29 is 24.2 Å². The molecule has 0 aromatic carbocycles. The molecule has 0 aliphatic carbocycles. The second-order valence-electron chi connectivity index (χ2n) is 5.87. The van der Waals surface area contributed by atoms with Gasteiger partial charge in [0.05, 0.1) is 13.5 Å². The number of carbonyl (C=O) groups is 3. The fourth-order valence-corrected chi connectivity index (χ4v) is 1.93. The van der Waals surface area contributed by atoms with E-state index in [1.165, 1.54) is 7.11 Å². The molecule has 1 amide bonds. The highest BCUT2D eigenvalue weighted by atomic mass is 16.5. The Kier molecular flexibility index (Phi) is 7.24. The van der Waals surface area contributed by atoms with Gasteiger partial charge in [0, 0.05) is 6.42 Å². The van der Waals surface area contributed by atoms with E-state index in [-0.39, 0.29) is 24.7 Å². The number of carboxylic acids is 1. The summed E-state index contributed by atoms with van der Waals surface area (Å²) in [7, 11) is 1.28. The molecular weight excluding hydrogens is 262 g/mol. The van der Waals surface area contributed by atoms with Crippen LogP contribution in [0.1, 0.15) is 47.0 Å². The van der Waals surface area contributed by atoms with Gasteiger partial charge in [-0.2, -0.15) is 0 Å². The predicted octanol–water partition coefficient (Wildman–Crippen LogP) is 1.58. The van der Waals surface area contributed by atoms with Gasteiger partial charge in [-0.05, 0) is 11.3 Å². The second kappa shape index (κ2) is 7.87. The van der Waals surface area contributed by atoms with E-state index in [1.807, 2.05) is 13.8 Å². The van der Waals surface area contributed by atoms with Gasteiger partial charge in [-0.15, -0.1) is 0 Å². The molecule has 0 aliphatic heterocycles. The van der Waals surface area contributed by atoms with Crippen molar-refractivity contribution in [3.8, 4) is 0 Å². The molecule has 6 heteroatoms. The molecule has 0 aliphatic rings. The lowest BCUT2D eigenvalue weighted by molar-refractivity contribution is -0.147. The lowest BCUT2D eigenvalue weighted by atomic mass is 9.85. The van der Waals surface area contributed by atoms with Crippen LogP contribution < -0.4 is 5.32 Å². The van der Waals surface area contributed by atoms with Crippen LogP contribution in [0.5, 0.6) is 0 Å². The number of esters is 1. The topological polar surface area (TPSA) is 92.7 Å². The summed E-state index contributed by atoms with van der Waals surface area (Å²) in [6.45, 7) is 7.18. The number of ether oxygens (including phenoxy) is 1. The number of carbonyl (C=O) groups excluding carboxylic acids is 2. The number of aliphatic carboxylic acids is 1. The second-order valence-corrected chi connectivity index (χ2v) is 5.87. The van der Waals surface area contributed by atoms with Crippen LogP contribution in [0, 0.1) is 11.3 Å². The average molecular weight is 287 g/mol. The van der Waals surface area contributed by atoms with Crippen LogP contribution in [0.25, 0.3) is 0 Å². The number of carboxylic acid groups (broad SMARTS) is 1. The fraction of sp³-hybridized carbons (Fsp3) is 0.786. The van der Waals surface area contributed by atoms with Crippen LogP contribution in [0.4, 0.5) is 0 Å². The van der Waals surface area contributed by atoms with Gasteiger partial charge in [0.1, 0.15) is 6.04 Å². The molecule has 0 fully saturated rings. The molecule has 116 valence electrons. The van der Waals surface area contributed by atoms with Crippen LogP contribution in [0.3, 0.4) is 0 Å². The molecule has 2 unspecified atom stereocenters. The molecule has 0 aromatic rings. The van der Waals surface area contributed by atoms with Crippen LogP contribution in [0.2, 0.25) is 0 Å². The molecule has 2 N–H and O–H groups in total. The maximum Gasteiger partial charge on any atom is 0.328 e. The summed E-state index contributed by atoms with van der Waals surface area (Å²) in [4.78, 5) is 34.4. The Labute approximate surface area is 119 Å². The Balaban J connectivity index is 4.69. The van der Waals surface area contributed by atoms with Crippen molar-refractivity contribution in [1.82, 2.24) is 5.32 Å². The lowest BCUT2D eigenvalue weighted by Gasteiger charge is -2.25. The molecule has 0 aromatic heterocycles. The third-order valence-electron chi connectivity index (χ3n) is 3.25. The van der Waals surface area contributed by atoms with Crippen LogP contribution in [-0.2, 0) is 19.1 Å². The molecular formula is C14H25NO5. The van der Waals surface area contributed by atoms with E-state index in [1.54, 1.807) is 13.8 Å². The van der Waals surface area contributed by atoms with Gasteiger partial charge in [-0.1, -0.05) is 34.1 Å². The zero-order valence-electron chi connectivity index (χ0n) is 12.9. The predicted molar refractivity (Wildman–Crippen MR) is 74.1 cm³/mol. The normalized spacial score (nSPS) is 14.2. The first-order valence-electron chi connectivity index (χ1n) is 6.72. The molecule has 0 bridgehead atoms. The zero-order chi connectivity index (χ0) is 15.9. The quantitative estimate of drug-likeness (QED) is 0.661. The lowest BCUT2D eigenvalue weighted by Crippen LogP contribution is -2.46. The summed E-state index contributed by atoms with van der Waals surface area (Å²) < 4.78 is 4.68. The van der Waals surface area contributed by atoms with E-state index in [9.17, 15) is 14.4 Å². The molecule has 20 heavy (non-hydrogen) atoms. The van der Waals surface area contributed by atoms with E-state index >= 15 is 0 Å². The Bertz CT molecular complexity index is 365. The number of nitrogens with one attached hydrogen (secondary N) is 1. The standard InChI is InChI=1S/C14H25NO5/c1-6-9(2)12(13(19)20-5)15-10(16)7-14(3,4)8-11(17)18/h9,12H,6-8H2,1-5H3,(H,15,16)(H,17,18). The summed E-state index contributed by atoms with van der Waals surface area (Å²) in [5.74, 6) is -1.82. The first-order chi connectivity index (χ1) is 9.12. The molecule has 2 atom stereocenters. The SMILES string of the molecule is CCC(C)C(NC(=O)CC(C)(C)CC(=O)O)C(=O)OC. The van der Waals surface area contributed by atoms with Crippen molar-refractivity contribution in [2.45, 2.75) is 53.0 Å². The molecule has 0 rings (SSSR count). The molecule has 0 saturated heterocycles. The average Bonchev–Trinajstić information content (AvgIpc) is 2.31. The van der Waals surface area contributed by atoms with Crippen molar-refractivity contribution in [1.29, 1.82) is 0 Å². The van der Waals surface area contributed by atoms with Gasteiger partial charge in [0.2, 0.25) is 5.91 Å². The Morgan fingerprint density at radius 3 is 2.20 bits per heavy atom. The smallest absolute Gasteiger partial charge is 0.328 e. The van der Waals surface area contributed by atoms with Gasteiger partial charge in [0.25, 0.3) is 0 Å².